The highest BCUT2D eigenvalue weighted by Gasteiger charge is 2.39. The van der Waals surface area contributed by atoms with Crippen molar-refractivity contribution in [2.45, 2.75) is 50.4 Å². The van der Waals surface area contributed by atoms with Gasteiger partial charge in [0, 0.05) is 31.5 Å². The minimum absolute atomic E-state index is 0.0912. The summed E-state index contributed by atoms with van der Waals surface area (Å²) in [4.78, 5) is 9.74. The fourth-order valence-electron chi connectivity index (χ4n) is 3.10. The molecule has 0 aromatic carbocycles. The number of sulfonamides is 1. The quantitative estimate of drug-likeness (QED) is 0.824. The number of aromatic nitrogens is 2. The fraction of sp³-hybridized carbons (Fsp3) is 0.786. The number of nitrogens with zero attached hydrogens (tertiary/aromatic N) is 2. The van der Waals surface area contributed by atoms with Gasteiger partial charge in [0.15, 0.2) is 0 Å². The van der Waals surface area contributed by atoms with Gasteiger partial charge < -0.3 is 4.98 Å². The highest BCUT2D eigenvalue weighted by molar-refractivity contribution is 7.90. The van der Waals surface area contributed by atoms with E-state index in [1.165, 1.54) is 0 Å². The second kappa shape index (κ2) is 6.06. The van der Waals surface area contributed by atoms with E-state index >= 15 is 0 Å². The van der Waals surface area contributed by atoms with E-state index < -0.39 is 10.0 Å². The second-order valence-electron chi connectivity index (χ2n) is 6.20. The van der Waals surface area contributed by atoms with E-state index in [-0.39, 0.29) is 11.3 Å². The number of piperidine rings is 1. The Bertz CT molecular complexity index is 554. The minimum atomic E-state index is -3.08. The molecule has 1 aromatic rings. The number of hydrogen-bond donors (Lipinski definition) is 2. The Labute approximate surface area is 126 Å². The third-order valence-corrected chi connectivity index (χ3v) is 6.53. The summed E-state index contributed by atoms with van der Waals surface area (Å²) in [5, 5.41) is -0.129. The zero-order valence-electron chi connectivity index (χ0n) is 12.5. The Balaban J connectivity index is 1.58. The average molecular weight is 312 g/mol. The number of nitrogens with one attached hydrogen (secondary N) is 2. The van der Waals surface area contributed by atoms with Crippen molar-refractivity contribution in [3.8, 4) is 0 Å². The summed E-state index contributed by atoms with van der Waals surface area (Å²) in [6.07, 6.45) is 7.12. The Morgan fingerprint density at radius 1 is 1.43 bits per heavy atom. The lowest BCUT2D eigenvalue weighted by Gasteiger charge is -2.38. The third kappa shape index (κ3) is 3.64. The van der Waals surface area contributed by atoms with Crippen molar-refractivity contribution in [1.82, 2.24) is 19.6 Å². The summed E-state index contributed by atoms with van der Waals surface area (Å²) in [6, 6.07) is 0.0912. The number of aromatic amines is 1. The molecule has 2 aliphatic rings. The molecule has 2 N–H and O–H groups in total. The third-order valence-electron chi connectivity index (χ3n) is 4.55. The van der Waals surface area contributed by atoms with Crippen LogP contribution >= 0.6 is 0 Å². The van der Waals surface area contributed by atoms with E-state index in [0.29, 0.717) is 5.92 Å². The molecule has 0 amide bonds. The molecule has 1 saturated carbocycles. The number of H-pyrrole nitrogens is 1. The van der Waals surface area contributed by atoms with Gasteiger partial charge in [0.2, 0.25) is 10.0 Å². The van der Waals surface area contributed by atoms with Gasteiger partial charge in [0.25, 0.3) is 0 Å². The molecule has 1 saturated heterocycles. The summed E-state index contributed by atoms with van der Waals surface area (Å²) in [5.41, 5.74) is 0. The van der Waals surface area contributed by atoms with E-state index in [0.717, 1.165) is 51.1 Å². The predicted octanol–water partition coefficient (Wildman–Crippen LogP) is 1.09. The van der Waals surface area contributed by atoms with Crippen molar-refractivity contribution in [3.05, 3.63) is 18.2 Å². The zero-order chi connectivity index (χ0) is 14.9. The molecule has 2 atom stereocenters. The van der Waals surface area contributed by atoms with Crippen LogP contribution in [-0.4, -0.2) is 47.7 Å². The van der Waals surface area contributed by atoms with Gasteiger partial charge in [-0.2, -0.15) is 0 Å². The molecule has 1 aromatic heterocycles. The maximum atomic E-state index is 12.1. The lowest BCUT2D eigenvalue weighted by molar-refractivity contribution is 0.136. The molecule has 2 heterocycles. The van der Waals surface area contributed by atoms with Crippen LogP contribution in [0.15, 0.2) is 12.4 Å². The largest absolute Gasteiger partial charge is 0.348 e. The predicted molar refractivity (Wildman–Crippen MR) is 81.1 cm³/mol. The van der Waals surface area contributed by atoms with Gasteiger partial charge in [-0.15, -0.1) is 0 Å². The van der Waals surface area contributed by atoms with Gasteiger partial charge in [-0.25, -0.2) is 18.1 Å². The molecule has 3 rings (SSSR count). The van der Waals surface area contributed by atoms with E-state index in [1.54, 1.807) is 6.20 Å². The molecular formula is C14H24N4O2S. The van der Waals surface area contributed by atoms with Crippen molar-refractivity contribution >= 4 is 10.0 Å². The molecule has 0 spiro atoms. The lowest BCUT2D eigenvalue weighted by Crippen LogP contribution is -2.51. The normalized spacial score (nSPS) is 27.9. The Morgan fingerprint density at radius 2 is 2.24 bits per heavy atom. The summed E-state index contributed by atoms with van der Waals surface area (Å²) in [5.74, 6) is 1.35. The van der Waals surface area contributed by atoms with Crippen LogP contribution in [0.5, 0.6) is 0 Å². The molecule has 2 fully saturated rings. The lowest BCUT2D eigenvalue weighted by atomic mass is 9.91. The maximum Gasteiger partial charge on any atom is 0.214 e. The van der Waals surface area contributed by atoms with Crippen LogP contribution in [0.3, 0.4) is 0 Å². The summed E-state index contributed by atoms with van der Waals surface area (Å²) in [6.45, 7) is 4.79. The highest BCUT2D eigenvalue weighted by atomic mass is 32.2. The molecular weight excluding hydrogens is 288 g/mol. The van der Waals surface area contributed by atoms with Crippen LogP contribution in [0, 0.1) is 5.92 Å². The molecule has 118 valence electrons. The van der Waals surface area contributed by atoms with E-state index in [4.69, 9.17) is 0 Å². The Kier molecular flexibility index (Phi) is 4.33. The smallest absolute Gasteiger partial charge is 0.214 e. The molecule has 0 radical (unpaired) electrons. The molecule has 6 nitrogen and oxygen atoms in total. The van der Waals surface area contributed by atoms with Gasteiger partial charge >= 0.3 is 0 Å². The van der Waals surface area contributed by atoms with E-state index in [1.807, 2.05) is 6.20 Å². The first-order valence-corrected chi connectivity index (χ1v) is 9.35. The summed E-state index contributed by atoms with van der Waals surface area (Å²) >= 11 is 0. The van der Waals surface area contributed by atoms with Gasteiger partial charge in [0.1, 0.15) is 5.82 Å². The fourth-order valence-corrected chi connectivity index (χ4v) is 4.78. The highest BCUT2D eigenvalue weighted by Crippen LogP contribution is 2.30. The summed E-state index contributed by atoms with van der Waals surface area (Å²) in [7, 11) is -3.08. The van der Waals surface area contributed by atoms with Crippen LogP contribution < -0.4 is 4.72 Å². The standard InChI is InChI=1S/C14H24N4O2S/c1-2-11-9-18(10-14-15-6-7-16-14)8-5-13(11)17-21(19,20)12-3-4-12/h6-7,11-13,17H,2-5,8-10H2,1H3,(H,15,16)/t11-,13+/m1/s1. The number of imidazole rings is 1. The molecule has 21 heavy (non-hydrogen) atoms. The molecule has 0 bridgehead atoms. The van der Waals surface area contributed by atoms with Crippen molar-refractivity contribution in [2.24, 2.45) is 5.92 Å². The molecule has 1 aliphatic heterocycles. The van der Waals surface area contributed by atoms with Crippen molar-refractivity contribution in [2.75, 3.05) is 13.1 Å². The monoisotopic (exact) mass is 312 g/mol. The zero-order valence-corrected chi connectivity index (χ0v) is 13.3. The van der Waals surface area contributed by atoms with Crippen molar-refractivity contribution < 1.29 is 8.42 Å². The molecule has 7 heteroatoms. The first-order valence-electron chi connectivity index (χ1n) is 7.80. The summed E-state index contributed by atoms with van der Waals surface area (Å²) < 4.78 is 27.2. The average Bonchev–Trinajstić information content (AvgIpc) is 3.21. The van der Waals surface area contributed by atoms with Gasteiger partial charge in [-0.1, -0.05) is 13.3 Å². The van der Waals surface area contributed by atoms with Crippen LogP contribution in [0.1, 0.15) is 38.4 Å². The van der Waals surface area contributed by atoms with Gasteiger partial charge in [-0.05, 0) is 25.2 Å². The van der Waals surface area contributed by atoms with Crippen molar-refractivity contribution in [1.29, 1.82) is 0 Å². The van der Waals surface area contributed by atoms with Gasteiger partial charge in [0.05, 0.1) is 11.8 Å². The van der Waals surface area contributed by atoms with Crippen LogP contribution in [-0.2, 0) is 16.6 Å². The maximum absolute atomic E-state index is 12.1. The van der Waals surface area contributed by atoms with Crippen LogP contribution in [0.2, 0.25) is 0 Å². The van der Waals surface area contributed by atoms with Crippen molar-refractivity contribution in [3.63, 3.8) is 0 Å². The SMILES string of the molecule is CC[C@@H]1CN(Cc2ncc[nH]2)CC[C@@H]1NS(=O)(=O)C1CC1. The molecule has 0 unspecified atom stereocenters. The van der Waals surface area contributed by atoms with E-state index in [2.05, 4.69) is 26.5 Å². The van der Waals surface area contributed by atoms with E-state index in [9.17, 15) is 8.42 Å². The number of rotatable bonds is 6. The topological polar surface area (TPSA) is 78.1 Å². The van der Waals surface area contributed by atoms with Crippen LogP contribution in [0.4, 0.5) is 0 Å². The number of hydrogen-bond acceptors (Lipinski definition) is 4. The first kappa shape index (κ1) is 15.0. The number of likely N-dealkylation sites (tertiary alicyclic amines) is 1. The Hall–Kier alpha value is -0.920. The second-order valence-corrected chi connectivity index (χ2v) is 8.19. The minimum Gasteiger partial charge on any atom is -0.348 e. The Morgan fingerprint density at radius 3 is 2.86 bits per heavy atom. The van der Waals surface area contributed by atoms with Crippen LogP contribution in [0.25, 0.3) is 0 Å². The molecule has 1 aliphatic carbocycles. The first-order chi connectivity index (χ1) is 10.1. The van der Waals surface area contributed by atoms with Gasteiger partial charge in [-0.3, -0.25) is 4.90 Å².